The first-order valence-corrected chi connectivity index (χ1v) is 18.1. The molecule has 2 heterocycles. The van der Waals surface area contributed by atoms with E-state index in [0.29, 0.717) is 18.5 Å². The first-order valence-electron chi connectivity index (χ1n) is 13.6. The summed E-state index contributed by atoms with van der Waals surface area (Å²) in [7, 11) is -0.552. The molecule has 9 nitrogen and oxygen atoms in total. The lowest BCUT2D eigenvalue weighted by molar-refractivity contribution is -0.121. The summed E-state index contributed by atoms with van der Waals surface area (Å²) in [5.74, 6) is -1.09. The number of amides is 2. The SMILES string of the molecule is CNC(=O)[C@]12C[C@H]1[C@@](C)(c1cc(B3OC(C)(C)C(C)(C)O3)ccc1F)N=C(N(COCC[Si](C)(C)C)C(=O)O)S2. The molecule has 40 heavy (non-hydrogen) atoms. The van der Waals surface area contributed by atoms with Crippen molar-refractivity contribution >= 4 is 49.6 Å². The van der Waals surface area contributed by atoms with Crippen LogP contribution in [0.1, 0.15) is 46.6 Å². The Morgan fingerprint density at radius 1 is 1.23 bits per heavy atom. The molecule has 1 saturated carbocycles. The standard InChI is InChI=1S/C27H41BFN3O6SSi/c1-24(2)25(3,4)38-28(37-24)17-10-11-19(29)18(14-17)26(5)20-15-27(20,21(33)30-6)39-22(31-26)32(23(34)35)16-36-12-13-40(7,8)9/h10-11,14,20H,12-13,15-16H2,1-9H3,(H,30,33)(H,34,35)/t20-,26+,27-/m0/s1. The maximum Gasteiger partial charge on any atom is 0.494 e. The van der Waals surface area contributed by atoms with Crippen LogP contribution in [-0.2, 0) is 24.4 Å². The predicted molar refractivity (Wildman–Crippen MR) is 158 cm³/mol. The predicted octanol–water partition coefficient (Wildman–Crippen LogP) is 4.24. The summed E-state index contributed by atoms with van der Waals surface area (Å²) in [5, 5.41) is 12.9. The zero-order valence-corrected chi connectivity index (χ0v) is 26.7. The van der Waals surface area contributed by atoms with Crippen molar-refractivity contribution in [1.29, 1.82) is 0 Å². The van der Waals surface area contributed by atoms with E-state index in [1.54, 1.807) is 26.1 Å². The van der Waals surface area contributed by atoms with Crippen molar-refractivity contribution < 1.29 is 33.1 Å². The van der Waals surface area contributed by atoms with Crippen LogP contribution >= 0.6 is 11.8 Å². The second kappa shape index (κ2) is 10.4. The van der Waals surface area contributed by atoms with Crippen molar-refractivity contribution in [1.82, 2.24) is 10.2 Å². The summed E-state index contributed by atoms with van der Waals surface area (Å²) in [6.45, 7) is 16.4. The van der Waals surface area contributed by atoms with E-state index < -0.39 is 48.6 Å². The molecule has 13 heteroatoms. The normalized spacial score (nSPS) is 28.5. The molecule has 1 aromatic carbocycles. The molecule has 0 aromatic heterocycles. The molecule has 0 bridgehead atoms. The molecule has 0 spiro atoms. The molecule has 2 fully saturated rings. The first-order chi connectivity index (χ1) is 18.4. The van der Waals surface area contributed by atoms with Crippen LogP contribution < -0.4 is 10.8 Å². The zero-order chi connectivity index (χ0) is 29.9. The molecule has 2 N–H and O–H groups in total. The average molecular weight is 594 g/mol. The number of hydrogen-bond donors (Lipinski definition) is 2. The molecule has 3 aliphatic rings. The molecule has 1 aromatic rings. The summed E-state index contributed by atoms with van der Waals surface area (Å²) in [6.07, 6.45) is -0.829. The van der Waals surface area contributed by atoms with Gasteiger partial charge in [-0.2, -0.15) is 0 Å². The van der Waals surface area contributed by atoms with Crippen LogP contribution in [0.25, 0.3) is 0 Å². The summed E-state index contributed by atoms with van der Waals surface area (Å²) < 4.78 is 32.8. The lowest BCUT2D eigenvalue weighted by atomic mass is 9.75. The van der Waals surface area contributed by atoms with Crippen LogP contribution in [0.5, 0.6) is 0 Å². The fourth-order valence-corrected chi connectivity index (χ4v) is 7.50. The van der Waals surface area contributed by atoms with Gasteiger partial charge in [0.1, 0.15) is 17.3 Å². The number of carbonyl (C=O) groups is 2. The molecule has 0 unspecified atom stereocenters. The van der Waals surface area contributed by atoms with E-state index in [9.17, 15) is 14.7 Å². The van der Waals surface area contributed by atoms with E-state index in [0.717, 1.165) is 22.7 Å². The fourth-order valence-electron chi connectivity index (χ4n) is 5.13. The third-order valence-corrected chi connectivity index (χ3v) is 11.7. The molecule has 0 radical (unpaired) electrons. The Hall–Kier alpha value is -1.93. The monoisotopic (exact) mass is 593 g/mol. The molecule has 3 atom stereocenters. The van der Waals surface area contributed by atoms with Crippen molar-refractivity contribution in [2.75, 3.05) is 20.4 Å². The van der Waals surface area contributed by atoms with Crippen LogP contribution in [0, 0.1) is 11.7 Å². The van der Waals surface area contributed by atoms with Crippen LogP contribution in [0.15, 0.2) is 23.2 Å². The Bertz CT molecular complexity index is 1210. The second-order valence-electron chi connectivity index (χ2n) is 13.3. The molecule has 1 saturated heterocycles. The molecule has 2 aliphatic heterocycles. The van der Waals surface area contributed by atoms with E-state index in [4.69, 9.17) is 19.0 Å². The Morgan fingerprint density at radius 2 is 1.85 bits per heavy atom. The van der Waals surface area contributed by atoms with Gasteiger partial charge in [0.15, 0.2) is 5.17 Å². The minimum absolute atomic E-state index is 0.112. The number of benzene rings is 1. The van der Waals surface area contributed by atoms with E-state index in [1.165, 1.54) is 6.07 Å². The van der Waals surface area contributed by atoms with Crippen LogP contribution in [0.2, 0.25) is 25.7 Å². The van der Waals surface area contributed by atoms with Gasteiger partial charge in [-0.25, -0.2) is 14.1 Å². The van der Waals surface area contributed by atoms with Crippen molar-refractivity contribution in [2.24, 2.45) is 10.9 Å². The topological polar surface area (TPSA) is 110 Å². The fraction of sp³-hybridized carbons (Fsp3) is 0.667. The van der Waals surface area contributed by atoms with Gasteiger partial charge in [-0.05, 0) is 58.6 Å². The van der Waals surface area contributed by atoms with E-state index >= 15 is 4.39 Å². The molecule has 2 amide bonds. The molecular weight excluding hydrogens is 552 g/mol. The number of aliphatic imine (C=N–C) groups is 1. The van der Waals surface area contributed by atoms with Crippen molar-refractivity contribution in [3.8, 4) is 0 Å². The quantitative estimate of drug-likeness (QED) is 0.264. The Kier molecular flexibility index (Phi) is 8.07. The van der Waals surface area contributed by atoms with Gasteiger partial charge < -0.3 is 24.5 Å². The number of hydrogen-bond acceptors (Lipinski definition) is 7. The van der Waals surface area contributed by atoms with Crippen LogP contribution in [0.3, 0.4) is 0 Å². The lowest BCUT2D eigenvalue weighted by Gasteiger charge is -2.36. The first kappa shape index (κ1) is 31.0. The number of fused-ring (bicyclic) bond motifs is 1. The van der Waals surface area contributed by atoms with Gasteiger partial charge in [-0.3, -0.25) is 9.79 Å². The number of carbonyl (C=O) groups excluding carboxylic acids is 1. The Balaban J connectivity index is 1.73. The Morgan fingerprint density at radius 3 is 2.40 bits per heavy atom. The molecule has 1 aliphatic carbocycles. The minimum Gasteiger partial charge on any atom is -0.465 e. The third-order valence-electron chi connectivity index (χ3n) is 8.54. The smallest absolute Gasteiger partial charge is 0.465 e. The number of nitrogens with one attached hydrogen (secondary N) is 1. The highest BCUT2D eigenvalue weighted by Gasteiger charge is 2.71. The van der Waals surface area contributed by atoms with Gasteiger partial charge in [0.2, 0.25) is 5.91 Å². The van der Waals surface area contributed by atoms with E-state index in [-0.39, 0.29) is 29.3 Å². The van der Waals surface area contributed by atoms with Gasteiger partial charge in [0.25, 0.3) is 0 Å². The maximum absolute atomic E-state index is 15.6. The Labute approximate surface area is 241 Å². The number of thioether (sulfide) groups is 1. The van der Waals surface area contributed by atoms with Gasteiger partial charge in [0.05, 0.1) is 16.7 Å². The number of amidine groups is 1. The number of ether oxygens (including phenoxy) is 1. The summed E-state index contributed by atoms with van der Waals surface area (Å²) >= 11 is 1.11. The molecule has 220 valence electrons. The number of carboxylic acid groups (broad SMARTS) is 1. The van der Waals surface area contributed by atoms with Crippen LogP contribution in [-0.4, -0.2) is 78.7 Å². The number of nitrogens with zero attached hydrogens (tertiary/aromatic N) is 2. The summed E-state index contributed by atoms with van der Waals surface area (Å²) in [5.41, 5.74) is -1.49. The lowest BCUT2D eigenvalue weighted by Crippen LogP contribution is -2.47. The van der Waals surface area contributed by atoms with Crippen molar-refractivity contribution in [2.45, 2.75) is 88.2 Å². The van der Waals surface area contributed by atoms with Gasteiger partial charge in [-0.15, -0.1) is 0 Å². The van der Waals surface area contributed by atoms with E-state index in [2.05, 4.69) is 25.0 Å². The van der Waals surface area contributed by atoms with Crippen LogP contribution in [0.4, 0.5) is 9.18 Å². The van der Waals surface area contributed by atoms with Gasteiger partial charge >= 0.3 is 13.2 Å². The highest BCUT2D eigenvalue weighted by Crippen LogP contribution is 2.66. The minimum atomic E-state index is -1.38. The van der Waals surface area contributed by atoms with Crippen molar-refractivity contribution in [3.63, 3.8) is 0 Å². The maximum atomic E-state index is 15.6. The highest BCUT2D eigenvalue weighted by molar-refractivity contribution is 8.16. The number of rotatable bonds is 8. The summed E-state index contributed by atoms with van der Waals surface area (Å²) in [6, 6.07) is 5.54. The molecule has 4 rings (SSSR count). The van der Waals surface area contributed by atoms with E-state index in [1.807, 2.05) is 27.7 Å². The summed E-state index contributed by atoms with van der Waals surface area (Å²) in [4.78, 5) is 31.4. The van der Waals surface area contributed by atoms with Crippen molar-refractivity contribution in [3.05, 3.63) is 29.6 Å². The van der Waals surface area contributed by atoms with Gasteiger partial charge in [-0.1, -0.05) is 43.5 Å². The highest BCUT2D eigenvalue weighted by atomic mass is 32.2. The third kappa shape index (κ3) is 5.59. The largest absolute Gasteiger partial charge is 0.494 e. The second-order valence-corrected chi connectivity index (χ2v) is 20.2. The average Bonchev–Trinajstić information content (AvgIpc) is 3.54. The zero-order valence-electron chi connectivity index (χ0n) is 24.9. The number of halogens is 1. The molecular formula is C27H41BFN3O6SSi. The van der Waals surface area contributed by atoms with Gasteiger partial charge in [0, 0.05) is 33.2 Å².